The van der Waals surface area contributed by atoms with Gasteiger partial charge in [-0.2, -0.15) is 0 Å². The van der Waals surface area contributed by atoms with Crippen molar-refractivity contribution in [3.05, 3.63) is 35.7 Å². The molecule has 0 bridgehead atoms. The van der Waals surface area contributed by atoms with Crippen LogP contribution in [0.25, 0.3) is 11.3 Å². The van der Waals surface area contributed by atoms with Crippen molar-refractivity contribution in [3.63, 3.8) is 0 Å². The molecule has 0 atom stereocenters. The number of thiazole rings is 1. The Bertz CT molecular complexity index is 670. The molecule has 0 spiro atoms. The maximum absolute atomic E-state index is 12.2. The number of anilines is 1. The van der Waals surface area contributed by atoms with E-state index in [2.05, 4.69) is 10.3 Å². The number of hydrogen-bond donors (Lipinski definition) is 1. The van der Waals surface area contributed by atoms with Crippen molar-refractivity contribution in [1.29, 1.82) is 0 Å². The molecule has 24 heavy (non-hydrogen) atoms. The Balaban J connectivity index is 1.96. The summed E-state index contributed by atoms with van der Waals surface area (Å²) < 4.78 is 0. The zero-order valence-electron chi connectivity index (χ0n) is 14.1. The molecule has 0 aliphatic rings. The molecule has 6 heteroatoms. The zero-order chi connectivity index (χ0) is 17.4. The molecule has 0 saturated carbocycles. The Morgan fingerprint density at radius 2 is 1.92 bits per heavy atom. The summed E-state index contributed by atoms with van der Waals surface area (Å²) in [7, 11) is 0. The van der Waals surface area contributed by atoms with Gasteiger partial charge in [0.05, 0.1) is 12.2 Å². The first kappa shape index (κ1) is 18.1. The Morgan fingerprint density at radius 3 is 2.58 bits per heavy atom. The van der Waals surface area contributed by atoms with E-state index in [0.29, 0.717) is 18.1 Å². The summed E-state index contributed by atoms with van der Waals surface area (Å²) in [5.41, 5.74) is 1.85. The van der Waals surface area contributed by atoms with Crippen LogP contribution in [0.1, 0.15) is 33.1 Å². The van der Waals surface area contributed by atoms with Crippen molar-refractivity contribution in [3.8, 4) is 11.3 Å². The van der Waals surface area contributed by atoms with E-state index in [1.165, 1.54) is 11.3 Å². The molecule has 0 aliphatic carbocycles. The average molecular weight is 345 g/mol. The van der Waals surface area contributed by atoms with Gasteiger partial charge in [0.25, 0.3) is 0 Å². The molecule has 1 aromatic heterocycles. The van der Waals surface area contributed by atoms with Crippen molar-refractivity contribution >= 4 is 28.3 Å². The van der Waals surface area contributed by atoms with Crippen LogP contribution >= 0.6 is 11.3 Å². The topological polar surface area (TPSA) is 62.3 Å². The molecule has 0 fully saturated rings. The van der Waals surface area contributed by atoms with E-state index in [4.69, 9.17) is 0 Å². The summed E-state index contributed by atoms with van der Waals surface area (Å²) >= 11 is 1.39. The van der Waals surface area contributed by atoms with E-state index in [1.54, 1.807) is 4.90 Å². The maximum Gasteiger partial charge on any atom is 0.245 e. The van der Waals surface area contributed by atoms with E-state index < -0.39 is 0 Å². The number of amides is 2. The molecule has 0 radical (unpaired) electrons. The lowest BCUT2D eigenvalue weighted by Gasteiger charge is -2.21. The molecule has 0 saturated heterocycles. The highest BCUT2D eigenvalue weighted by Gasteiger charge is 2.16. The van der Waals surface area contributed by atoms with Gasteiger partial charge in [0.2, 0.25) is 11.8 Å². The third-order valence-corrected chi connectivity index (χ3v) is 4.22. The fourth-order valence-corrected chi connectivity index (χ4v) is 3.07. The van der Waals surface area contributed by atoms with Gasteiger partial charge in [-0.3, -0.25) is 9.59 Å². The average Bonchev–Trinajstić information content (AvgIpc) is 3.04. The minimum Gasteiger partial charge on any atom is -0.333 e. The van der Waals surface area contributed by atoms with Gasteiger partial charge in [0.1, 0.15) is 0 Å². The Labute approximate surface area is 146 Å². The number of carbonyl (C=O) groups is 2. The second-order valence-corrected chi connectivity index (χ2v) is 6.38. The van der Waals surface area contributed by atoms with Crippen molar-refractivity contribution in [2.75, 3.05) is 18.4 Å². The molecule has 1 N–H and O–H groups in total. The van der Waals surface area contributed by atoms with Gasteiger partial charge in [0.15, 0.2) is 5.13 Å². The second kappa shape index (κ2) is 9.17. The molecule has 0 unspecified atom stereocenters. The molecule has 2 aromatic rings. The van der Waals surface area contributed by atoms with Crippen LogP contribution in [-0.2, 0) is 9.59 Å². The standard InChI is InChI=1S/C18H23N3O2S/c1-3-8-17(23)21(11-4-2)12-16(22)20-18-19-15(13-24-18)14-9-6-5-7-10-14/h5-7,9-10,13H,3-4,8,11-12H2,1-2H3,(H,19,20,22). The van der Waals surface area contributed by atoms with Crippen molar-refractivity contribution in [1.82, 2.24) is 9.88 Å². The van der Waals surface area contributed by atoms with E-state index >= 15 is 0 Å². The van der Waals surface area contributed by atoms with Gasteiger partial charge in [0, 0.05) is 23.9 Å². The molecule has 1 aromatic carbocycles. The van der Waals surface area contributed by atoms with Gasteiger partial charge in [-0.25, -0.2) is 4.98 Å². The van der Waals surface area contributed by atoms with Crippen LogP contribution in [0.15, 0.2) is 35.7 Å². The molecule has 2 amide bonds. The maximum atomic E-state index is 12.2. The lowest BCUT2D eigenvalue weighted by molar-refractivity contribution is -0.134. The van der Waals surface area contributed by atoms with Crippen LogP contribution in [0.2, 0.25) is 0 Å². The highest BCUT2D eigenvalue weighted by molar-refractivity contribution is 7.14. The summed E-state index contributed by atoms with van der Waals surface area (Å²) in [5, 5.41) is 5.26. The Hall–Kier alpha value is -2.21. The molecule has 0 aliphatic heterocycles. The van der Waals surface area contributed by atoms with Crippen molar-refractivity contribution < 1.29 is 9.59 Å². The van der Waals surface area contributed by atoms with Crippen molar-refractivity contribution in [2.24, 2.45) is 0 Å². The third-order valence-electron chi connectivity index (χ3n) is 3.46. The summed E-state index contributed by atoms with van der Waals surface area (Å²) in [5.74, 6) is -0.180. The van der Waals surface area contributed by atoms with Crippen LogP contribution in [-0.4, -0.2) is 34.8 Å². The molecular formula is C18H23N3O2S. The number of nitrogens with zero attached hydrogens (tertiary/aromatic N) is 2. The SMILES string of the molecule is CCCC(=O)N(CCC)CC(=O)Nc1nc(-c2ccccc2)cs1. The Morgan fingerprint density at radius 1 is 1.17 bits per heavy atom. The number of benzene rings is 1. The quantitative estimate of drug-likeness (QED) is 0.792. The lowest BCUT2D eigenvalue weighted by Crippen LogP contribution is -2.38. The smallest absolute Gasteiger partial charge is 0.245 e. The van der Waals surface area contributed by atoms with Crippen LogP contribution in [0.3, 0.4) is 0 Å². The summed E-state index contributed by atoms with van der Waals surface area (Å²) in [6, 6.07) is 9.82. The third kappa shape index (κ3) is 5.16. The molecular weight excluding hydrogens is 322 g/mol. The number of aromatic nitrogens is 1. The molecule has 1 heterocycles. The predicted molar refractivity (Wildman–Crippen MR) is 98.0 cm³/mol. The number of carbonyl (C=O) groups excluding carboxylic acids is 2. The highest BCUT2D eigenvalue weighted by Crippen LogP contribution is 2.24. The van der Waals surface area contributed by atoms with Gasteiger partial charge in [-0.15, -0.1) is 11.3 Å². The highest BCUT2D eigenvalue weighted by atomic mass is 32.1. The number of rotatable bonds is 8. The minimum atomic E-state index is -0.207. The van der Waals surface area contributed by atoms with E-state index in [1.807, 2.05) is 49.6 Å². The van der Waals surface area contributed by atoms with Gasteiger partial charge < -0.3 is 10.2 Å². The fourth-order valence-electron chi connectivity index (χ4n) is 2.34. The second-order valence-electron chi connectivity index (χ2n) is 5.52. The minimum absolute atomic E-state index is 0.0265. The molecule has 128 valence electrons. The first-order valence-corrected chi connectivity index (χ1v) is 9.10. The van der Waals surface area contributed by atoms with E-state index in [0.717, 1.165) is 24.1 Å². The molecule has 5 nitrogen and oxygen atoms in total. The van der Waals surface area contributed by atoms with E-state index in [-0.39, 0.29) is 18.4 Å². The predicted octanol–water partition coefficient (Wildman–Crippen LogP) is 3.79. The zero-order valence-corrected chi connectivity index (χ0v) is 14.9. The number of hydrogen-bond acceptors (Lipinski definition) is 4. The first-order valence-electron chi connectivity index (χ1n) is 8.22. The summed E-state index contributed by atoms with van der Waals surface area (Å²) in [6.07, 6.45) is 2.09. The van der Waals surface area contributed by atoms with Gasteiger partial charge in [-0.1, -0.05) is 44.2 Å². The van der Waals surface area contributed by atoms with Crippen LogP contribution in [0.4, 0.5) is 5.13 Å². The normalized spacial score (nSPS) is 10.4. The monoisotopic (exact) mass is 345 g/mol. The van der Waals surface area contributed by atoms with Gasteiger partial charge >= 0.3 is 0 Å². The first-order chi connectivity index (χ1) is 11.6. The van der Waals surface area contributed by atoms with Crippen LogP contribution in [0.5, 0.6) is 0 Å². The Kier molecular flexibility index (Phi) is 6.93. The summed E-state index contributed by atoms with van der Waals surface area (Å²) in [6.45, 7) is 4.63. The lowest BCUT2D eigenvalue weighted by atomic mass is 10.2. The van der Waals surface area contributed by atoms with Crippen LogP contribution in [0, 0.1) is 0 Å². The summed E-state index contributed by atoms with van der Waals surface area (Å²) in [4.78, 5) is 30.3. The number of nitrogens with one attached hydrogen (secondary N) is 1. The van der Waals surface area contributed by atoms with E-state index in [9.17, 15) is 9.59 Å². The van der Waals surface area contributed by atoms with Crippen molar-refractivity contribution in [2.45, 2.75) is 33.1 Å². The van der Waals surface area contributed by atoms with Gasteiger partial charge in [-0.05, 0) is 12.8 Å². The molecule has 2 rings (SSSR count). The largest absolute Gasteiger partial charge is 0.333 e. The van der Waals surface area contributed by atoms with Crippen LogP contribution < -0.4 is 5.32 Å². The fraction of sp³-hybridized carbons (Fsp3) is 0.389.